The number of carbonyl (C=O) groups excluding carboxylic acids is 1. The van der Waals surface area contributed by atoms with Gasteiger partial charge in [0.2, 0.25) is 11.6 Å². The number of carbonyl (C=O) groups is 1. The van der Waals surface area contributed by atoms with E-state index in [4.69, 9.17) is 0 Å². The Morgan fingerprint density at radius 3 is 2.29 bits per heavy atom. The number of aromatic nitrogens is 2. The molecule has 180 valence electrons. The molecule has 0 spiro atoms. The molecule has 0 aliphatic carbocycles. The number of amides is 1. The van der Waals surface area contributed by atoms with Gasteiger partial charge in [0.1, 0.15) is 6.33 Å². The van der Waals surface area contributed by atoms with Crippen molar-refractivity contribution in [3.8, 4) is 0 Å². The maximum atomic E-state index is 12.4. The van der Waals surface area contributed by atoms with Crippen molar-refractivity contribution in [2.24, 2.45) is 5.92 Å². The van der Waals surface area contributed by atoms with E-state index in [0.29, 0.717) is 19.0 Å². The van der Waals surface area contributed by atoms with Crippen molar-refractivity contribution >= 4 is 28.9 Å². The van der Waals surface area contributed by atoms with Crippen LogP contribution in [0.4, 0.5) is 23.0 Å². The molecule has 1 aromatic heterocycles. The smallest absolute Gasteiger partial charge is 0.351 e. The van der Waals surface area contributed by atoms with Gasteiger partial charge in [-0.3, -0.25) is 35.9 Å². The van der Waals surface area contributed by atoms with Gasteiger partial charge in [0.05, 0.1) is 9.85 Å². The Morgan fingerprint density at radius 2 is 1.66 bits per heavy atom. The summed E-state index contributed by atoms with van der Waals surface area (Å²) >= 11 is 0. The van der Waals surface area contributed by atoms with Crippen LogP contribution < -0.4 is 15.8 Å². The van der Waals surface area contributed by atoms with E-state index >= 15 is 0 Å². The molecule has 2 N–H and O–H groups in total. The molecule has 1 amide bonds. The minimum Gasteiger partial charge on any atom is -0.351 e. The number of rotatable bonds is 8. The largest absolute Gasteiger partial charge is 0.355 e. The van der Waals surface area contributed by atoms with Crippen LogP contribution in [0.3, 0.4) is 0 Å². The maximum absolute atomic E-state index is 12.4. The van der Waals surface area contributed by atoms with E-state index in [-0.39, 0.29) is 28.6 Å². The van der Waals surface area contributed by atoms with Gasteiger partial charge in [0.25, 0.3) is 11.6 Å². The molecule has 35 heavy (non-hydrogen) atoms. The average molecular weight is 477 g/mol. The van der Waals surface area contributed by atoms with Crippen LogP contribution in [0.15, 0.2) is 60.9 Å². The van der Waals surface area contributed by atoms with Gasteiger partial charge in [-0.2, -0.15) is 0 Å². The number of nitrogens with one attached hydrogen (secondary N) is 2. The number of piperidine rings is 1. The zero-order chi connectivity index (χ0) is 24.8. The second-order valence-corrected chi connectivity index (χ2v) is 8.15. The third-order valence-electron chi connectivity index (χ3n) is 5.90. The predicted molar refractivity (Wildman–Crippen MR) is 128 cm³/mol. The molecule has 0 bridgehead atoms. The molecule has 0 unspecified atom stereocenters. The lowest BCUT2D eigenvalue weighted by Gasteiger charge is -2.32. The second kappa shape index (κ2) is 10.5. The number of non-ortho nitro benzene ring substituents is 1. The zero-order valence-corrected chi connectivity index (χ0v) is 18.7. The van der Waals surface area contributed by atoms with Gasteiger partial charge in [-0.05, 0) is 42.9 Å². The highest BCUT2D eigenvalue weighted by molar-refractivity contribution is 5.95. The minimum absolute atomic E-state index is 0.139. The van der Waals surface area contributed by atoms with E-state index in [0.717, 1.165) is 19.3 Å². The summed E-state index contributed by atoms with van der Waals surface area (Å²) in [6.45, 7) is 1.23. The Morgan fingerprint density at radius 1 is 0.971 bits per heavy atom. The lowest BCUT2D eigenvalue weighted by molar-refractivity contribution is -0.384. The normalized spacial score (nSPS) is 13.8. The monoisotopic (exact) mass is 477 g/mol. The summed E-state index contributed by atoms with van der Waals surface area (Å²) in [4.78, 5) is 43.9. The highest BCUT2D eigenvalue weighted by Crippen LogP contribution is 2.34. The van der Waals surface area contributed by atoms with Crippen molar-refractivity contribution in [3.05, 3.63) is 92.3 Å². The summed E-state index contributed by atoms with van der Waals surface area (Å²) in [6.07, 6.45) is 3.91. The van der Waals surface area contributed by atoms with Crippen LogP contribution in [0.25, 0.3) is 0 Å². The highest BCUT2D eigenvalue weighted by atomic mass is 16.6. The Kier molecular flexibility index (Phi) is 7.10. The molecule has 2 aromatic carbocycles. The standard InChI is InChI=1S/C23H23N7O5/c31-23(18-6-8-19(9-7-18)29(32)33)27-26-21-20(30(34)35)22(25-15-24-21)28-12-10-17(11-13-28)14-16-4-2-1-3-5-16/h1-9,15,17H,10-14H2,(H,27,31)(H,24,25,26). The maximum Gasteiger partial charge on any atom is 0.355 e. The zero-order valence-electron chi connectivity index (χ0n) is 18.7. The average Bonchev–Trinajstić information content (AvgIpc) is 2.88. The Bertz CT molecular complexity index is 1210. The molecular weight excluding hydrogens is 454 g/mol. The van der Waals surface area contributed by atoms with Gasteiger partial charge in [0, 0.05) is 30.8 Å². The molecule has 4 rings (SSSR count). The van der Waals surface area contributed by atoms with Gasteiger partial charge in [-0.25, -0.2) is 9.97 Å². The van der Waals surface area contributed by atoms with E-state index < -0.39 is 15.8 Å². The van der Waals surface area contributed by atoms with Crippen LogP contribution >= 0.6 is 0 Å². The molecule has 1 fully saturated rings. The van der Waals surface area contributed by atoms with Crippen molar-refractivity contribution in [3.63, 3.8) is 0 Å². The fourth-order valence-corrected chi connectivity index (χ4v) is 4.08. The molecule has 0 radical (unpaired) electrons. The molecule has 1 saturated heterocycles. The molecular formula is C23H23N7O5. The number of hydrazine groups is 1. The van der Waals surface area contributed by atoms with Crippen LogP contribution in [-0.2, 0) is 6.42 Å². The van der Waals surface area contributed by atoms with Crippen LogP contribution in [0.1, 0.15) is 28.8 Å². The molecule has 3 aromatic rings. The molecule has 0 saturated carbocycles. The Hall–Kier alpha value is -4.61. The molecule has 1 aliphatic rings. The first-order chi connectivity index (χ1) is 16.9. The number of nitrogens with zero attached hydrogens (tertiary/aromatic N) is 5. The fraction of sp³-hybridized carbons (Fsp3) is 0.261. The molecule has 12 heteroatoms. The molecule has 0 atom stereocenters. The lowest BCUT2D eigenvalue weighted by atomic mass is 9.90. The predicted octanol–water partition coefficient (Wildman–Crippen LogP) is 3.51. The van der Waals surface area contributed by atoms with Gasteiger partial charge in [-0.15, -0.1) is 0 Å². The van der Waals surface area contributed by atoms with Crippen LogP contribution in [0.5, 0.6) is 0 Å². The van der Waals surface area contributed by atoms with Crippen LogP contribution in [0, 0.1) is 26.1 Å². The van der Waals surface area contributed by atoms with E-state index in [1.165, 1.54) is 36.2 Å². The quantitative estimate of drug-likeness (QED) is 0.366. The van der Waals surface area contributed by atoms with E-state index in [9.17, 15) is 25.0 Å². The molecule has 2 heterocycles. The van der Waals surface area contributed by atoms with Crippen molar-refractivity contribution in [2.45, 2.75) is 19.3 Å². The van der Waals surface area contributed by atoms with Crippen LogP contribution in [0.2, 0.25) is 0 Å². The number of hydrogen-bond acceptors (Lipinski definition) is 9. The van der Waals surface area contributed by atoms with Crippen molar-refractivity contribution in [1.29, 1.82) is 0 Å². The summed E-state index contributed by atoms with van der Waals surface area (Å²) in [5.41, 5.74) is 5.77. The minimum atomic E-state index is -0.629. The number of nitro benzene ring substituents is 1. The number of nitro groups is 2. The van der Waals surface area contributed by atoms with Crippen molar-refractivity contribution in [2.75, 3.05) is 23.4 Å². The molecule has 12 nitrogen and oxygen atoms in total. The number of hydrogen-bond donors (Lipinski definition) is 2. The summed E-state index contributed by atoms with van der Waals surface area (Å²) in [6, 6.07) is 15.2. The summed E-state index contributed by atoms with van der Waals surface area (Å²) in [5, 5.41) is 22.7. The lowest BCUT2D eigenvalue weighted by Crippen LogP contribution is -2.36. The van der Waals surface area contributed by atoms with E-state index in [2.05, 4.69) is 33.0 Å². The first kappa shape index (κ1) is 23.5. The first-order valence-corrected chi connectivity index (χ1v) is 11.0. The summed E-state index contributed by atoms with van der Waals surface area (Å²) in [5.74, 6) is -0.110. The second-order valence-electron chi connectivity index (χ2n) is 8.15. The van der Waals surface area contributed by atoms with Gasteiger partial charge in [0.15, 0.2) is 0 Å². The summed E-state index contributed by atoms with van der Waals surface area (Å²) < 4.78 is 0. The number of benzene rings is 2. The fourth-order valence-electron chi connectivity index (χ4n) is 4.08. The van der Waals surface area contributed by atoms with Crippen molar-refractivity contribution < 1.29 is 14.6 Å². The third-order valence-corrected chi connectivity index (χ3v) is 5.90. The highest BCUT2D eigenvalue weighted by Gasteiger charge is 2.30. The first-order valence-electron chi connectivity index (χ1n) is 11.0. The SMILES string of the molecule is O=C(NNc1ncnc(N2CCC(Cc3ccccc3)CC2)c1[N+](=O)[O-])c1ccc([N+](=O)[O-])cc1. The van der Waals surface area contributed by atoms with E-state index in [1.54, 1.807) is 0 Å². The van der Waals surface area contributed by atoms with E-state index in [1.807, 2.05) is 23.1 Å². The third kappa shape index (κ3) is 5.66. The Labute approximate surface area is 200 Å². The van der Waals surface area contributed by atoms with Gasteiger partial charge >= 0.3 is 5.69 Å². The number of anilines is 2. The van der Waals surface area contributed by atoms with Gasteiger partial charge in [-0.1, -0.05) is 30.3 Å². The topological polar surface area (TPSA) is 156 Å². The van der Waals surface area contributed by atoms with Gasteiger partial charge < -0.3 is 4.90 Å². The summed E-state index contributed by atoms with van der Waals surface area (Å²) in [7, 11) is 0. The van der Waals surface area contributed by atoms with Crippen molar-refractivity contribution in [1.82, 2.24) is 15.4 Å². The molecule has 1 aliphatic heterocycles. The Balaban J connectivity index is 1.43. The van der Waals surface area contributed by atoms with Crippen LogP contribution in [-0.4, -0.2) is 38.8 Å².